The van der Waals surface area contributed by atoms with Crippen molar-refractivity contribution in [1.29, 1.82) is 0 Å². The van der Waals surface area contributed by atoms with Crippen molar-refractivity contribution in [3.05, 3.63) is 59.7 Å². The Morgan fingerprint density at radius 2 is 2.00 bits per heavy atom. The Hall–Kier alpha value is -1.62. The lowest BCUT2D eigenvalue weighted by Gasteiger charge is -2.19. The fraction of sp³-hybridized carbons (Fsp3) is 0.235. The molecular formula is C17H19ClN2OS. The third kappa shape index (κ3) is 3.77. The molecule has 3 aromatic rings. The van der Waals surface area contributed by atoms with Crippen LogP contribution in [0.2, 0.25) is 0 Å². The van der Waals surface area contributed by atoms with Crippen molar-refractivity contribution in [2.45, 2.75) is 12.5 Å². The molecule has 0 radical (unpaired) electrons. The van der Waals surface area contributed by atoms with Crippen LogP contribution in [0.25, 0.3) is 10.1 Å². The molecule has 1 atom stereocenters. The fourth-order valence-electron chi connectivity index (χ4n) is 2.34. The molecule has 2 heterocycles. The van der Waals surface area contributed by atoms with Gasteiger partial charge in [-0.2, -0.15) is 0 Å². The van der Waals surface area contributed by atoms with Gasteiger partial charge < -0.3 is 10.1 Å². The first-order valence-corrected chi connectivity index (χ1v) is 7.94. The topological polar surface area (TPSA) is 34.1 Å². The van der Waals surface area contributed by atoms with Gasteiger partial charge in [-0.05, 0) is 30.6 Å². The summed E-state index contributed by atoms with van der Waals surface area (Å²) in [7, 11) is 1.96. The van der Waals surface area contributed by atoms with Gasteiger partial charge in [0.2, 0.25) is 0 Å². The molecule has 0 saturated heterocycles. The van der Waals surface area contributed by atoms with Crippen molar-refractivity contribution in [1.82, 2.24) is 10.3 Å². The highest BCUT2D eigenvalue weighted by molar-refractivity contribution is 7.17. The minimum atomic E-state index is 0. The van der Waals surface area contributed by atoms with E-state index in [1.165, 1.54) is 5.56 Å². The van der Waals surface area contributed by atoms with Gasteiger partial charge in [-0.25, -0.2) is 0 Å². The monoisotopic (exact) mass is 334 g/mol. The maximum atomic E-state index is 6.28. The number of halogens is 1. The van der Waals surface area contributed by atoms with E-state index in [-0.39, 0.29) is 18.5 Å². The summed E-state index contributed by atoms with van der Waals surface area (Å²) in [6.07, 6.45) is 4.65. The van der Waals surface area contributed by atoms with E-state index >= 15 is 0 Å². The molecule has 1 unspecified atom stereocenters. The zero-order valence-electron chi connectivity index (χ0n) is 12.4. The Morgan fingerprint density at radius 3 is 2.77 bits per heavy atom. The number of pyridine rings is 1. The molecule has 0 aliphatic heterocycles. The summed E-state index contributed by atoms with van der Waals surface area (Å²) >= 11 is 1.69. The summed E-state index contributed by atoms with van der Waals surface area (Å²) in [5.41, 5.74) is 1.20. The highest BCUT2D eigenvalue weighted by Gasteiger charge is 2.15. The van der Waals surface area contributed by atoms with Gasteiger partial charge in [0.1, 0.15) is 6.10 Å². The van der Waals surface area contributed by atoms with Crippen molar-refractivity contribution in [2.24, 2.45) is 0 Å². The predicted molar refractivity (Wildman–Crippen MR) is 95.2 cm³/mol. The molecule has 2 aromatic heterocycles. The number of hydrogen-bond donors (Lipinski definition) is 1. The molecule has 3 rings (SSSR count). The molecule has 0 spiro atoms. The second-order valence-electron chi connectivity index (χ2n) is 4.89. The van der Waals surface area contributed by atoms with Gasteiger partial charge in [0.15, 0.2) is 5.75 Å². The van der Waals surface area contributed by atoms with Crippen LogP contribution in [-0.4, -0.2) is 18.6 Å². The lowest BCUT2D eigenvalue weighted by Crippen LogP contribution is -2.16. The van der Waals surface area contributed by atoms with E-state index in [1.807, 2.05) is 25.5 Å². The number of aromatic nitrogens is 1. The van der Waals surface area contributed by atoms with Crippen LogP contribution >= 0.6 is 23.7 Å². The number of benzene rings is 1. The summed E-state index contributed by atoms with van der Waals surface area (Å²) in [5.74, 6) is 0.868. The first kappa shape index (κ1) is 16.7. The summed E-state index contributed by atoms with van der Waals surface area (Å²) in [6.45, 7) is 0.910. The lowest BCUT2D eigenvalue weighted by molar-refractivity contribution is 0.197. The van der Waals surface area contributed by atoms with Crippen molar-refractivity contribution in [3.8, 4) is 5.75 Å². The van der Waals surface area contributed by atoms with Crippen molar-refractivity contribution in [3.63, 3.8) is 0 Å². The number of thiophene rings is 1. The molecule has 22 heavy (non-hydrogen) atoms. The molecule has 0 aliphatic carbocycles. The van der Waals surface area contributed by atoms with Gasteiger partial charge >= 0.3 is 0 Å². The Balaban J connectivity index is 0.00000176. The van der Waals surface area contributed by atoms with E-state index in [1.54, 1.807) is 11.3 Å². The van der Waals surface area contributed by atoms with Crippen molar-refractivity contribution in [2.75, 3.05) is 13.6 Å². The fourth-order valence-corrected chi connectivity index (χ4v) is 3.16. The summed E-state index contributed by atoms with van der Waals surface area (Å²) in [4.78, 5) is 4.28. The molecular weight excluding hydrogens is 316 g/mol. The van der Waals surface area contributed by atoms with Crippen LogP contribution in [0.15, 0.2) is 54.2 Å². The standard InChI is InChI=1S/C17H18N2OS.ClH/c1-18-9-7-15(13-5-3-2-4-6-13)20-16-12-19-11-14-8-10-21-17(14)16;/h2-6,8,10-12,15,18H,7,9H2,1H3;1H. The second-order valence-corrected chi connectivity index (χ2v) is 5.80. The first-order valence-electron chi connectivity index (χ1n) is 7.06. The largest absolute Gasteiger partial charge is 0.483 e. The molecule has 1 aromatic carbocycles. The highest BCUT2D eigenvalue weighted by Crippen LogP contribution is 2.33. The highest BCUT2D eigenvalue weighted by atomic mass is 35.5. The van der Waals surface area contributed by atoms with E-state index in [0.29, 0.717) is 0 Å². The third-order valence-corrected chi connectivity index (χ3v) is 4.37. The second kappa shape index (κ2) is 8.13. The van der Waals surface area contributed by atoms with Crippen molar-refractivity contribution >= 4 is 33.8 Å². The van der Waals surface area contributed by atoms with E-state index in [2.05, 4.69) is 46.0 Å². The quantitative estimate of drug-likeness (QED) is 0.723. The number of fused-ring (bicyclic) bond motifs is 1. The Morgan fingerprint density at radius 1 is 1.18 bits per heavy atom. The maximum absolute atomic E-state index is 6.28. The molecule has 0 amide bonds. The maximum Gasteiger partial charge on any atom is 0.156 e. The Labute approximate surface area is 140 Å². The van der Waals surface area contributed by atoms with Gasteiger partial charge in [-0.1, -0.05) is 30.3 Å². The van der Waals surface area contributed by atoms with Gasteiger partial charge in [-0.3, -0.25) is 4.98 Å². The van der Waals surface area contributed by atoms with Gasteiger partial charge in [0.05, 0.1) is 10.9 Å². The predicted octanol–water partition coefficient (Wildman–Crippen LogP) is 4.45. The molecule has 0 saturated carbocycles. The minimum Gasteiger partial charge on any atom is -0.483 e. The first-order chi connectivity index (χ1) is 10.4. The van der Waals surface area contributed by atoms with Crippen LogP contribution in [0.3, 0.4) is 0 Å². The van der Waals surface area contributed by atoms with E-state index in [0.717, 1.165) is 28.8 Å². The lowest BCUT2D eigenvalue weighted by atomic mass is 10.1. The smallest absolute Gasteiger partial charge is 0.156 e. The molecule has 5 heteroatoms. The van der Waals surface area contributed by atoms with Crippen LogP contribution < -0.4 is 10.1 Å². The summed E-state index contributed by atoms with van der Waals surface area (Å²) in [5, 5.41) is 6.40. The summed E-state index contributed by atoms with van der Waals surface area (Å²) < 4.78 is 7.44. The van der Waals surface area contributed by atoms with E-state index in [9.17, 15) is 0 Å². The molecule has 0 aliphatic rings. The van der Waals surface area contributed by atoms with Crippen LogP contribution in [-0.2, 0) is 0 Å². The average molecular weight is 335 g/mol. The Kier molecular flexibility index (Phi) is 6.19. The number of rotatable bonds is 6. The molecule has 0 fully saturated rings. The third-order valence-electron chi connectivity index (χ3n) is 3.42. The number of ether oxygens (including phenoxy) is 1. The molecule has 3 nitrogen and oxygen atoms in total. The van der Waals surface area contributed by atoms with E-state index < -0.39 is 0 Å². The van der Waals surface area contributed by atoms with Crippen LogP contribution in [0.5, 0.6) is 5.75 Å². The number of nitrogens with zero attached hydrogens (tertiary/aromatic N) is 1. The van der Waals surface area contributed by atoms with E-state index in [4.69, 9.17) is 4.74 Å². The van der Waals surface area contributed by atoms with Crippen LogP contribution in [0, 0.1) is 0 Å². The zero-order chi connectivity index (χ0) is 14.5. The zero-order valence-corrected chi connectivity index (χ0v) is 14.0. The van der Waals surface area contributed by atoms with Gasteiger partial charge in [-0.15, -0.1) is 23.7 Å². The van der Waals surface area contributed by atoms with Crippen molar-refractivity contribution < 1.29 is 4.74 Å². The summed E-state index contributed by atoms with van der Waals surface area (Å²) in [6, 6.07) is 12.4. The normalized spacial score (nSPS) is 11.9. The van der Waals surface area contributed by atoms with Gasteiger partial charge in [0.25, 0.3) is 0 Å². The number of hydrogen-bond acceptors (Lipinski definition) is 4. The molecule has 116 valence electrons. The number of nitrogens with one attached hydrogen (secondary N) is 1. The SMILES string of the molecule is CNCCC(Oc1cncc2ccsc12)c1ccccc1.Cl. The van der Waals surface area contributed by atoms with Crippen LogP contribution in [0.4, 0.5) is 0 Å². The average Bonchev–Trinajstić information content (AvgIpc) is 3.01. The minimum absolute atomic E-state index is 0. The van der Waals surface area contributed by atoms with Crippen LogP contribution in [0.1, 0.15) is 18.1 Å². The molecule has 0 bridgehead atoms. The Bertz CT molecular complexity index is 702. The molecule has 1 N–H and O–H groups in total. The van der Waals surface area contributed by atoms with Gasteiger partial charge in [0, 0.05) is 18.0 Å².